The zero-order chi connectivity index (χ0) is 27.8. The van der Waals surface area contributed by atoms with Gasteiger partial charge >= 0.3 is 37.1 Å². The maximum atomic E-state index is 11.4. The first kappa shape index (κ1) is 31.0. The molecule has 21 nitrogen and oxygen atoms in total. The van der Waals surface area contributed by atoms with E-state index in [0.29, 0.717) is 0 Å². The molecule has 2 heterocycles. The number of aliphatic carboxylic acids is 1. The van der Waals surface area contributed by atoms with Crippen LogP contribution in [0, 0.1) is 0 Å². The Hall–Kier alpha value is -1.20. The summed E-state index contributed by atoms with van der Waals surface area (Å²) in [5.74, 6) is -1.95. The Labute approximate surface area is 201 Å². The summed E-state index contributed by atoms with van der Waals surface area (Å²) in [5, 5.41) is 48.8. The fraction of sp³-hybridized carbons (Fsp3) is 0.917. The lowest BCUT2D eigenvalue weighted by atomic mass is 9.96. The minimum Gasteiger partial charge on any atom is -0.479 e. The summed E-state index contributed by atoms with van der Waals surface area (Å²) in [6.45, 7) is -1.21. The Morgan fingerprint density at radius 1 is 0.833 bits per heavy atom. The number of aliphatic hydroxyl groups is 4. The number of carboxylic acids is 1. The Balaban J connectivity index is 2.56. The van der Waals surface area contributed by atoms with Crippen molar-refractivity contribution in [2.45, 2.75) is 61.3 Å². The van der Waals surface area contributed by atoms with Gasteiger partial charge in [-0.05, 0) is 0 Å². The maximum Gasteiger partial charge on any atom is 0.397 e. The molecule has 0 aliphatic carbocycles. The summed E-state index contributed by atoms with van der Waals surface area (Å²) in [4.78, 5) is 11.4. The molecule has 2 rings (SSSR count). The highest BCUT2D eigenvalue weighted by Crippen LogP contribution is 2.32. The summed E-state index contributed by atoms with van der Waals surface area (Å²) in [7, 11) is -16.3. The van der Waals surface area contributed by atoms with E-state index in [-0.39, 0.29) is 0 Å². The monoisotopic (exact) mass is 595 g/mol. The first-order chi connectivity index (χ1) is 16.2. The number of ether oxygens (including phenoxy) is 3. The van der Waals surface area contributed by atoms with Gasteiger partial charge in [0.05, 0.1) is 6.61 Å². The summed E-state index contributed by atoms with van der Waals surface area (Å²) >= 11 is 0. The lowest BCUT2D eigenvalue weighted by molar-refractivity contribution is -0.334. The second-order valence-corrected chi connectivity index (χ2v) is 10.5. The van der Waals surface area contributed by atoms with E-state index in [0.717, 1.165) is 0 Å². The maximum absolute atomic E-state index is 11.4. The molecule has 2 saturated heterocycles. The van der Waals surface area contributed by atoms with Gasteiger partial charge in [-0.25, -0.2) is 13.2 Å². The quantitative estimate of drug-likeness (QED) is 0.106. The average molecular weight is 595 g/mol. The Morgan fingerprint density at radius 2 is 1.36 bits per heavy atom. The van der Waals surface area contributed by atoms with E-state index in [1.54, 1.807) is 0 Å². The molecule has 212 valence electrons. The number of carbonyl (C=O) groups is 1. The highest BCUT2D eigenvalue weighted by Gasteiger charge is 2.55. The predicted octanol–water partition coefficient (Wildman–Crippen LogP) is -6.25. The van der Waals surface area contributed by atoms with Gasteiger partial charge in [0, 0.05) is 0 Å². The molecule has 0 saturated carbocycles. The fourth-order valence-electron chi connectivity index (χ4n) is 3.33. The van der Waals surface area contributed by atoms with E-state index in [1.807, 2.05) is 0 Å². The van der Waals surface area contributed by atoms with Gasteiger partial charge in [0.2, 0.25) is 0 Å². The first-order valence-electron chi connectivity index (χ1n) is 9.14. The van der Waals surface area contributed by atoms with E-state index in [1.165, 1.54) is 4.72 Å². The molecule has 0 aromatic rings. The van der Waals surface area contributed by atoms with Crippen molar-refractivity contribution in [3.05, 3.63) is 0 Å². The highest BCUT2D eigenvalue weighted by molar-refractivity contribution is 7.83. The molecule has 0 aromatic carbocycles. The minimum absolute atomic E-state index is 1.21. The third kappa shape index (κ3) is 8.15. The van der Waals surface area contributed by atoms with Crippen molar-refractivity contribution in [2.24, 2.45) is 0 Å². The number of carboxylic acid groups (broad SMARTS) is 1. The minimum atomic E-state index is -5.56. The van der Waals surface area contributed by atoms with E-state index >= 15 is 0 Å². The fourth-order valence-corrected chi connectivity index (χ4v) is 4.92. The molecule has 0 bridgehead atoms. The summed E-state index contributed by atoms with van der Waals surface area (Å²) in [6.07, 6.45) is -21.4. The van der Waals surface area contributed by atoms with Crippen LogP contribution in [0.2, 0.25) is 0 Å². The number of hydrogen-bond acceptors (Lipinski definition) is 16. The van der Waals surface area contributed by atoms with Gasteiger partial charge in [-0.3, -0.25) is 13.7 Å². The van der Waals surface area contributed by atoms with Crippen LogP contribution in [0.25, 0.3) is 0 Å². The average Bonchev–Trinajstić information content (AvgIpc) is 2.68. The van der Waals surface area contributed by atoms with Crippen molar-refractivity contribution in [3.8, 4) is 0 Å². The van der Waals surface area contributed by atoms with Gasteiger partial charge < -0.3 is 39.7 Å². The van der Waals surface area contributed by atoms with Gasteiger partial charge in [-0.15, -0.1) is 0 Å². The lowest BCUT2D eigenvalue weighted by Crippen LogP contribution is -2.68. The van der Waals surface area contributed by atoms with Crippen molar-refractivity contribution in [3.63, 3.8) is 0 Å². The van der Waals surface area contributed by atoms with Gasteiger partial charge in [0.15, 0.2) is 24.8 Å². The Bertz CT molecular complexity index is 1110. The van der Waals surface area contributed by atoms with Crippen LogP contribution in [0.15, 0.2) is 0 Å². The smallest absolute Gasteiger partial charge is 0.397 e. The highest BCUT2D eigenvalue weighted by atomic mass is 32.3. The molecule has 1 unspecified atom stereocenters. The first-order valence-corrected chi connectivity index (χ1v) is 13.3. The number of aliphatic hydroxyl groups excluding tert-OH is 4. The Morgan fingerprint density at radius 3 is 1.81 bits per heavy atom. The molecule has 0 aromatic heterocycles. The third-order valence-corrected chi connectivity index (χ3v) is 6.18. The molecule has 0 radical (unpaired) electrons. The molecule has 10 atom stereocenters. The SMILES string of the molecule is O=C(O)[C@@H]1O[C@@H](O[C@H]2[C@H](OS(=O)(=O)O)[C@@H](NS(=O)(=O)O)C(O)O[C@@H]2CO)[C@H](OS(=O)(=O)O)[C@@H](O)[C@@H]1O. The normalized spacial score (nSPS) is 38.5. The van der Waals surface area contributed by atoms with Crippen LogP contribution in [0.3, 0.4) is 0 Å². The molecule has 0 spiro atoms. The molecule has 2 fully saturated rings. The van der Waals surface area contributed by atoms with Crippen molar-refractivity contribution in [1.29, 1.82) is 0 Å². The van der Waals surface area contributed by atoms with E-state index < -0.39 is 105 Å². The van der Waals surface area contributed by atoms with E-state index in [9.17, 15) is 55.6 Å². The van der Waals surface area contributed by atoms with Crippen LogP contribution in [0.1, 0.15) is 0 Å². The van der Waals surface area contributed by atoms with Crippen LogP contribution in [0.5, 0.6) is 0 Å². The molecule has 0 amide bonds. The van der Waals surface area contributed by atoms with Crippen molar-refractivity contribution < 1.29 is 91.8 Å². The van der Waals surface area contributed by atoms with Crippen LogP contribution < -0.4 is 4.72 Å². The standard InChI is InChI=1S/C12H21NO20S3/c14-1-2-6(7(32-35(23,24)25)3(11(19)29-2)13-34(20,21)22)30-12-9(33-36(26,27)28)5(16)4(15)8(31-12)10(17)18/h2-9,11-16,19H,1H2,(H,17,18)(H,20,21,22)(H,23,24,25)(H,26,27,28)/t2-,3-,4+,5+,6-,7-,8-,9-,11?,12-/m1/s1. The second-order valence-electron chi connectivity index (χ2n) is 7.19. The van der Waals surface area contributed by atoms with Crippen LogP contribution in [-0.2, 0) is 58.5 Å². The zero-order valence-electron chi connectivity index (χ0n) is 17.2. The van der Waals surface area contributed by atoms with Crippen molar-refractivity contribution in [2.75, 3.05) is 6.61 Å². The van der Waals surface area contributed by atoms with Gasteiger partial charge in [0.25, 0.3) is 0 Å². The molecule has 24 heteroatoms. The van der Waals surface area contributed by atoms with Crippen LogP contribution in [0.4, 0.5) is 0 Å². The lowest BCUT2D eigenvalue weighted by Gasteiger charge is -2.46. The van der Waals surface area contributed by atoms with Gasteiger partial charge in [-0.1, -0.05) is 0 Å². The molecule has 9 N–H and O–H groups in total. The zero-order valence-corrected chi connectivity index (χ0v) is 19.6. The van der Waals surface area contributed by atoms with Crippen molar-refractivity contribution >= 4 is 37.1 Å². The number of hydrogen-bond donors (Lipinski definition) is 9. The van der Waals surface area contributed by atoms with E-state index in [4.69, 9.17) is 27.9 Å². The third-order valence-electron chi connectivity index (χ3n) is 4.68. The number of rotatable bonds is 10. The largest absolute Gasteiger partial charge is 0.479 e. The molecular formula is C12H21NO20S3. The molecule has 2 aliphatic heterocycles. The Kier molecular flexibility index (Phi) is 9.71. The topological polar surface area (TPSA) is 340 Å². The molecule has 2 aliphatic rings. The van der Waals surface area contributed by atoms with Crippen LogP contribution in [-0.4, -0.2) is 138 Å². The van der Waals surface area contributed by atoms with Gasteiger partial charge in [0.1, 0.15) is 36.6 Å². The summed E-state index contributed by atoms with van der Waals surface area (Å²) in [6, 6.07) is -2.36. The second kappa shape index (κ2) is 11.3. The summed E-state index contributed by atoms with van der Waals surface area (Å²) in [5.41, 5.74) is 0. The molecular weight excluding hydrogens is 574 g/mol. The summed E-state index contributed by atoms with van der Waals surface area (Å²) < 4.78 is 119. The van der Waals surface area contributed by atoms with Crippen LogP contribution >= 0.6 is 0 Å². The molecule has 36 heavy (non-hydrogen) atoms. The predicted molar refractivity (Wildman–Crippen MR) is 102 cm³/mol. The number of nitrogens with one attached hydrogen (secondary N) is 1. The van der Waals surface area contributed by atoms with Gasteiger partial charge in [-0.2, -0.15) is 30.0 Å². The van der Waals surface area contributed by atoms with Crippen molar-refractivity contribution in [1.82, 2.24) is 4.72 Å². The van der Waals surface area contributed by atoms with E-state index in [2.05, 4.69) is 8.37 Å².